The molecule has 0 spiro atoms. The molecule has 0 radical (unpaired) electrons. The number of nitrogen functional groups attached to an aromatic ring is 1. The zero-order chi connectivity index (χ0) is 12.4. The number of ether oxygens (including phenoxy) is 1. The molecule has 1 aromatic rings. The monoisotopic (exact) mass is 348 g/mol. The fourth-order valence-electron chi connectivity index (χ4n) is 1.84. The molecule has 6 heteroatoms. The first-order valence-electron chi connectivity index (χ1n) is 5.73. The Balaban J connectivity index is 2.29. The molecule has 2 N–H and O–H groups in total. The summed E-state index contributed by atoms with van der Waals surface area (Å²) in [6, 6.07) is 0. The van der Waals surface area contributed by atoms with E-state index in [9.17, 15) is 0 Å². The average molecular weight is 348 g/mol. The van der Waals surface area contributed by atoms with Gasteiger partial charge in [-0.1, -0.05) is 6.92 Å². The van der Waals surface area contributed by atoms with Crippen LogP contribution < -0.4 is 5.73 Å². The van der Waals surface area contributed by atoms with Gasteiger partial charge in [0.15, 0.2) is 5.82 Å². The Hall–Kier alpha value is -0.470. The van der Waals surface area contributed by atoms with Gasteiger partial charge < -0.3 is 15.4 Å². The van der Waals surface area contributed by atoms with Crippen LogP contribution in [0.5, 0.6) is 0 Å². The van der Waals surface area contributed by atoms with Gasteiger partial charge in [0, 0.05) is 13.1 Å². The van der Waals surface area contributed by atoms with Crippen LogP contribution in [0.15, 0.2) is 0 Å². The van der Waals surface area contributed by atoms with Gasteiger partial charge in [0.1, 0.15) is 11.9 Å². The van der Waals surface area contributed by atoms with Gasteiger partial charge in [-0.05, 0) is 36.1 Å². The fourth-order valence-corrected chi connectivity index (χ4v) is 2.47. The molecule has 17 heavy (non-hydrogen) atoms. The maximum absolute atomic E-state index is 5.91. The molecule has 2 rings (SSSR count). The topological polar surface area (TPSA) is 64.3 Å². The lowest BCUT2D eigenvalue weighted by Crippen LogP contribution is -2.36. The zero-order valence-corrected chi connectivity index (χ0v) is 12.3. The van der Waals surface area contributed by atoms with Gasteiger partial charge in [0.25, 0.3) is 0 Å². The zero-order valence-electron chi connectivity index (χ0n) is 10.1. The van der Waals surface area contributed by atoms with Crippen LogP contribution in [0.4, 0.5) is 5.82 Å². The Morgan fingerprint density at radius 1 is 1.53 bits per heavy atom. The van der Waals surface area contributed by atoms with Crippen LogP contribution in [0.1, 0.15) is 24.5 Å². The second-order valence-electron chi connectivity index (χ2n) is 4.20. The summed E-state index contributed by atoms with van der Waals surface area (Å²) in [4.78, 5) is 11.1. The lowest BCUT2D eigenvalue weighted by atomic mass is 10.2. The third kappa shape index (κ3) is 2.86. The number of hydrogen-bond donors (Lipinski definition) is 1. The second-order valence-corrected chi connectivity index (χ2v) is 5.28. The number of nitrogens with zero attached hydrogens (tertiary/aromatic N) is 3. The van der Waals surface area contributed by atoms with E-state index >= 15 is 0 Å². The van der Waals surface area contributed by atoms with Crippen molar-refractivity contribution in [2.75, 3.05) is 32.5 Å². The van der Waals surface area contributed by atoms with E-state index < -0.39 is 0 Å². The van der Waals surface area contributed by atoms with E-state index in [1.807, 2.05) is 0 Å². The van der Waals surface area contributed by atoms with Crippen LogP contribution in [-0.2, 0) is 11.2 Å². The highest BCUT2D eigenvalue weighted by molar-refractivity contribution is 14.1. The van der Waals surface area contributed by atoms with E-state index in [0.29, 0.717) is 11.6 Å². The van der Waals surface area contributed by atoms with Gasteiger partial charge in [-0.25, -0.2) is 9.97 Å². The number of hydrogen-bond acceptors (Lipinski definition) is 5. The highest BCUT2D eigenvalue weighted by Crippen LogP contribution is 2.23. The summed E-state index contributed by atoms with van der Waals surface area (Å²) in [7, 11) is 2.08. The van der Waals surface area contributed by atoms with Crippen LogP contribution in [-0.4, -0.2) is 41.6 Å². The maximum Gasteiger partial charge on any atom is 0.161 e. The molecule has 1 aliphatic rings. The highest BCUT2D eigenvalue weighted by Gasteiger charge is 2.23. The van der Waals surface area contributed by atoms with Gasteiger partial charge in [0.05, 0.1) is 15.9 Å². The predicted molar refractivity (Wildman–Crippen MR) is 74.7 cm³/mol. The van der Waals surface area contributed by atoms with Crippen LogP contribution >= 0.6 is 22.6 Å². The van der Waals surface area contributed by atoms with Crippen molar-refractivity contribution in [3.63, 3.8) is 0 Å². The number of nitrogens with two attached hydrogens (primary N) is 1. The number of aromatic nitrogens is 2. The van der Waals surface area contributed by atoms with Crippen molar-refractivity contribution in [2.45, 2.75) is 19.4 Å². The number of anilines is 1. The van der Waals surface area contributed by atoms with E-state index in [0.717, 1.165) is 35.4 Å². The number of rotatable bonds is 2. The summed E-state index contributed by atoms with van der Waals surface area (Å²) in [5.41, 5.74) is 6.92. The molecule has 0 amide bonds. The standard InChI is InChI=1S/C11H17IN4O/c1-3-7-9(12)10(13)15-11(14-7)8-6-16(2)4-5-17-8/h8H,3-6H2,1-2H3,(H2,13,14,15). The SMILES string of the molecule is CCc1nc(C2CN(C)CCO2)nc(N)c1I. The van der Waals surface area contributed by atoms with E-state index in [1.54, 1.807) is 0 Å². The molecule has 1 atom stereocenters. The molecule has 94 valence electrons. The van der Waals surface area contributed by atoms with Crippen molar-refractivity contribution in [1.82, 2.24) is 14.9 Å². The van der Waals surface area contributed by atoms with Crippen molar-refractivity contribution >= 4 is 28.4 Å². The number of likely N-dealkylation sites (N-methyl/N-ethyl adjacent to an activating group) is 1. The minimum Gasteiger partial charge on any atom is -0.383 e. The summed E-state index contributed by atoms with van der Waals surface area (Å²) in [6.07, 6.45) is 0.805. The number of halogens is 1. The quantitative estimate of drug-likeness (QED) is 0.815. The highest BCUT2D eigenvalue weighted by atomic mass is 127. The lowest BCUT2D eigenvalue weighted by Gasteiger charge is -2.29. The molecule has 1 saturated heterocycles. The Kier molecular flexibility index (Phi) is 4.16. The summed E-state index contributed by atoms with van der Waals surface area (Å²) in [5, 5.41) is 0. The Labute approximate surface area is 115 Å². The Morgan fingerprint density at radius 3 is 2.94 bits per heavy atom. The van der Waals surface area contributed by atoms with Crippen LogP contribution in [0.25, 0.3) is 0 Å². The molecule has 5 nitrogen and oxygen atoms in total. The van der Waals surface area contributed by atoms with E-state index in [4.69, 9.17) is 10.5 Å². The Morgan fingerprint density at radius 2 is 2.29 bits per heavy atom. The third-order valence-corrected chi connectivity index (χ3v) is 4.03. The lowest BCUT2D eigenvalue weighted by molar-refractivity contribution is -0.0255. The molecule has 0 aromatic carbocycles. The summed E-state index contributed by atoms with van der Waals surface area (Å²) in [5.74, 6) is 1.27. The minimum absolute atomic E-state index is 0.0571. The number of morpholine rings is 1. The number of aryl methyl sites for hydroxylation is 1. The van der Waals surface area contributed by atoms with Crippen molar-refractivity contribution in [3.05, 3.63) is 15.1 Å². The third-order valence-electron chi connectivity index (χ3n) is 2.86. The predicted octanol–water partition coefficient (Wildman–Crippen LogP) is 1.23. The average Bonchev–Trinajstić information content (AvgIpc) is 2.32. The molecule has 1 aromatic heterocycles. The normalized spacial score (nSPS) is 21.7. The molecule has 0 aliphatic carbocycles. The first kappa shape index (κ1) is 13.0. The first-order chi connectivity index (χ1) is 8.11. The smallest absolute Gasteiger partial charge is 0.161 e. The molecule has 2 heterocycles. The van der Waals surface area contributed by atoms with Gasteiger partial charge in [-0.15, -0.1) is 0 Å². The van der Waals surface area contributed by atoms with Crippen molar-refractivity contribution in [3.8, 4) is 0 Å². The maximum atomic E-state index is 5.91. The van der Waals surface area contributed by atoms with Gasteiger partial charge >= 0.3 is 0 Å². The fraction of sp³-hybridized carbons (Fsp3) is 0.636. The summed E-state index contributed by atoms with van der Waals surface area (Å²) >= 11 is 2.20. The molecular formula is C11H17IN4O. The van der Waals surface area contributed by atoms with Gasteiger partial charge in [0.2, 0.25) is 0 Å². The molecule has 1 aliphatic heterocycles. The van der Waals surface area contributed by atoms with E-state index in [-0.39, 0.29) is 6.10 Å². The summed E-state index contributed by atoms with van der Waals surface area (Å²) < 4.78 is 6.66. The second kappa shape index (κ2) is 5.45. The van der Waals surface area contributed by atoms with E-state index in [2.05, 4.69) is 51.4 Å². The largest absolute Gasteiger partial charge is 0.383 e. The molecule has 0 bridgehead atoms. The van der Waals surface area contributed by atoms with Crippen molar-refractivity contribution in [2.24, 2.45) is 0 Å². The summed E-state index contributed by atoms with van der Waals surface area (Å²) in [6.45, 7) is 4.57. The Bertz CT molecular complexity index is 413. The van der Waals surface area contributed by atoms with Gasteiger partial charge in [-0.2, -0.15) is 0 Å². The molecule has 1 fully saturated rings. The molecular weight excluding hydrogens is 331 g/mol. The van der Waals surface area contributed by atoms with Crippen LogP contribution in [0, 0.1) is 3.57 Å². The first-order valence-corrected chi connectivity index (χ1v) is 6.81. The van der Waals surface area contributed by atoms with Crippen LogP contribution in [0.2, 0.25) is 0 Å². The van der Waals surface area contributed by atoms with Crippen molar-refractivity contribution in [1.29, 1.82) is 0 Å². The van der Waals surface area contributed by atoms with E-state index in [1.165, 1.54) is 0 Å². The van der Waals surface area contributed by atoms with Gasteiger partial charge in [-0.3, -0.25) is 0 Å². The minimum atomic E-state index is -0.0571. The molecule has 1 unspecified atom stereocenters. The van der Waals surface area contributed by atoms with Crippen LogP contribution in [0.3, 0.4) is 0 Å². The molecule has 0 saturated carbocycles. The van der Waals surface area contributed by atoms with Crippen molar-refractivity contribution < 1.29 is 4.74 Å².